The molecule has 0 aliphatic carbocycles. The van der Waals surface area contributed by atoms with E-state index in [9.17, 15) is 10.2 Å². The van der Waals surface area contributed by atoms with E-state index in [1.54, 1.807) is 24.4 Å². The zero-order valence-electron chi connectivity index (χ0n) is 18.3. The van der Waals surface area contributed by atoms with Crippen molar-refractivity contribution in [2.45, 2.75) is 25.9 Å². The third kappa shape index (κ3) is 3.60. The monoisotopic (exact) mass is 456 g/mol. The molecule has 0 bridgehead atoms. The second-order valence-electron chi connectivity index (χ2n) is 8.16. The van der Waals surface area contributed by atoms with Crippen LogP contribution in [-0.4, -0.2) is 24.9 Å². The van der Waals surface area contributed by atoms with Crippen LogP contribution in [-0.2, 0) is 0 Å². The Hall–Kier alpha value is -3.84. The molecule has 7 heteroatoms. The van der Waals surface area contributed by atoms with Crippen molar-refractivity contribution in [2.24, 2.45) is 0 Å². The molecule has 0 unspecified atom stereocenters. The molecule has 3 heterocycles. The van der Waals surface area contributed by atoms with Crippen molar-refractivity contribution < 1.29 is 10.2 Å². The van der Waals surface area contributed by atoms with E-state index in [0.717, 1.165) is 34.0 Å². The van der Waals surface area contributed by atoms with Crippen LogP contribution in [0.4, 0.5) is 5.69 Å². The molecule has 0 amide bonds. The van der Waals surface area contributed by atoms with E-state index in [-0.39, 0.29) is 23.6 Å². The first-order chi connectivity index (χ1) is 16.0. The number of phenolic OH excluding ortho intramolecular Hbond substituents is 2. The first-order valence-corrected chi connectivity index (χ1v) is 11.1. The van der Waals surface area contributed by atoms with Gasteiger partial charge in [-0.25, -0.2) is 0 Å². The number of nitrogens with one attached hydrogen (secondary N) is 1. The average Bonchev–Trinajstić information content (AvgIpc) is 3.31. The fourth-order valence-corrected chi connectivity index (χ4v) is 5.02. The Kier molecular flexibility index (Phi) is 5.26. The van der Waals surface area contributed by atoms with Crippen molar-refractivity contribution in [3.63, 3.8) is 0 Å². The third-order valence-corrected chi connectivity index (χ3v) is 6.45. The molecule has 1 saturated heterocycles. The molecule has 2 aromatic heterocycles. The molecular formula is C26H24N4O2S. The number of para-hydroxylation sites is 2. The van der Waals surface area contributed by atoms with Crippen LogP contribution in [0.15, 0.2) is 79.0 Å². The molecule has 3 N–H and O–H groups in total. The van der Waals surface area contributed by atoms with Crippen molar-refractivity contribution in [1.82, 2.24) is 14.9 Å². The highest BCUT2D eigenvalue weighted by molar-refractivity contribution is 7.80. The number of pyridine rings is 1. The van der Waals surface area contributed by atoms with Crippen LogP contribution in [0.3, 0.4) is 0 Å². The summed E-state index contributed by atoms with van der Waals surface area (Å²) in [6.07, 6.45) is 1.78. The number of nitrogens with zero attached hydrogens (tertiary/aromatic N) is 3. The van der Waals surface area contributed by atoms with Crippen molar-refractivity contribution in [1.29, 1.82) is 0 Å². The van der Waals surface area contributed by atoms with E-state index in [2.05, 4.69) is 32.8 Å². The van der Waals surface area contributed by atoms with Gasteiger partial charge >= 0.3 is 0 Å². The number of phenols is 2. The normalized spacial score (nSPS) is 17.9. The number of aryl methyl sites for hydroxylation is 1. The van der Waals surface area contributed by atoms with Gasteiger partial charge in [-0.2, -0.15) is 0 Å². The van der Waals surface area contributed by atoms with Gasteiger partial charge in [-0.15, -0.1) is 0 Å². The second kappa shape index (κ2) is 8.26. The summed E-state index contributed by atoms with van der Waals surface area (Å²) < 4.78 is 2.07. The highest BCUT2D eigenvalue weighted by Crippen LogP contribution is 2.44. The molecule has 1 fully saturated rings. The topological polar surface area (TPSA) is 73.5 Å². The molecule has 1 aliphatic rings. The standard InChI is InChI=1S/C26H24N4O2S/c1-16-15-20(17(2)29(16)22-8-3-4-9-23(22)32)25-24(21-7-5-6-14-27-21)28-26(33)30(25)18-10-12-19(31)13-11-18/h3-15,24-25,31-32H,1-2H3,(H,28,33)/t24-,25+/m0/s1. The second-order valence-corrected chi connectivity index (χ2v) is 8.55. The van der Waals surface area contributed by atoms with E-state index in [0.29, 0.717) is 5.11 Å². The number of rotatable bonds is 4. The van der Waals surface area contributed by atoms with Gasteiger partial charge in [0.05, 0.1) is 23.5 Å². The van der Waals surface area contributed by atoms with Gasteiger partial charge in [-0.05, 0) is 86.2 Å². The minimum absolute atomic E-state index is 0.175. The van der Waals surface area contributed by atoms with E-state index in [1.165, 1.54) is 0 Å². The van der Waals surface area contributed by atoms with Gasteiger partial charge in [0.25, 0.3) is 0 Å². The smallest absolute Gasteiger partial charge is 0.174 e. The fraction of sp³-hybridized carbons (Fsp3) is 0.154. The Morgan fingerprint density at radius 3 is 2.36 bits per heavy atom. The highest BCUT2D eigenvalue weighted by atomic mass is 32.1. The Labute approximate surface area is 197 Å². The van der Waals surface area contributed by atoms with Gasteiger partial charge in [0.15, 0.2) is 5.11 Å². The lowest BCUT2D eigenvalue weighted by Crippen LogP contribution is -2.29. The Morgan fingerprint density at radius 2 is 1.67 bits per heavy atom. The molecule has 5 rings (SSSR count). The zero-order valence-corrected chi connectivity index (χ0v) is 19.1. The number of aromatic hydroxyl groups is 2. The predicted molar refractivity (Wildman–Crippen MR) is 133 cm³/mol. The Balaban J connectivity index is 1.69. The van der Waals surface area contributed by atoms with Crippen molar-refractivity contribution in [3.8, 4) is 17.2 Å². The molecule has 0 spiro atoms. The quantitative estimate of drug-likeness (QED) is 0.372. The van der Waals surface area contributed by atoms with Crippen molar-refractivity contribution in [2.75, 3.05) is 4.90 Å². The highest BCUT2D eigenvalue weighted by Gasteiger charge is 2.42. The molecule has 0 saturated carbocycles. The first-order valence-electron chi connectivity index (χ1n) is 10.7. The van der Waals surface area contributed by atoms with Gasteiger partial charge in [0, 0.05) is 23.3 Å². The molecule has 2 atom stereocenters. The molecule has 1 aliphatic heterocycles. The SMILES string of the molecule is Cc1cc([C@@H]2[C@H](c3ccccn3)NC(=S)N2c2ccc(O)cc2)c(C)n1-c1ccccc1O. The Morgan fingerprint density at radius 1 is 0.939 bits per heavy atom. The van der Waals surface area contributed by atoms with Gasteiger partial charge < -0.3 is 25.0 Å². The summed E-state index contributed by atoms with van der Waals surface area (Å²) in [6.45, 7) is 4.09. The van der Waals surface area contributed by atoms with Crippen LogP contribution >= 0.6 is 12.2 Å². The maximum absolute atomic E-state index is 10.5. The minimum Gasteiger partial charge on any atom is -0.508 e. The van der Waals surface area contributed by atoms with Gasteiger partial charge in [0.2, 0.25) is 0 Å². The maximum Gasteiger partial charge on any atom is 0.174 e. The summed E-state index contributed by atoms with van der Waals surface area (Å²) in [5, 5.41) is 24.4. The first kappa shape index (κ1) is 21.0. The summed E-state index contributed by atoms with van der Waals surface area (Å²) >= 11 is 5.78. The molecule has 2 aromatic carbocycles. The van der Waals surface area contributed by atoms with Crippen LogP contribution in [0.1, 0.15) is 34.7 Å². The largest absolute Gasteiger partial charge is 0.508 e. The molecule has 0 radical (unpaired) electrons. The van der Waals surface area contributed by atoms with Crippen LogP contribution in [0.5, 0.6) is 11.5 Å². The molecule has 33 heavy (non-hydrogen) atoms. The summed E-state index contributed by atoms with van der Waals surface area (Å²) in [6, 6.07) is 22.0. The van der Waals surface area contributed by atoms with Gasteiger partial charge in [0.1, 0.15) is 11.5 Å². The summed E-state index contributed by atoms with van der Waals surface area (Å²) in [5.74, 6) is 0.426. The maximum atomic E-state index is 10.5. The van der Waals surface area contributed by atoms with Crippen LogP contribution in [0.2, 0.25) is 0 Å². The van der Waals surface area contributed by atoms with E-state index in [4.69, 9.17) is 12.2 Å². The lowest BCUT2D eigenvalue weighted by Gasteiger charge is -2.28. The number of hydrogen-bond donors (Lipinski definition) is 3. The fourth-order valence-electron chi connectivity index (χ4n) is 4.67. The lowest BCUT2D eigenvalue weighted by atomic mass is 9.96. The summed E-state index contributed by atoms with van der Waals surface area (Å²) in [7, 11) is 0. The lowest BCUT2D eigenvalue weighted by molar-refractivity contribution is 0.471. The van der Waals surface area contributed by atoms with E-state index < -0.39 is 0 Å². The summed E-state index contributed by atoms with van der Waals surface area (Å²) in [5.41, 5.74) is 5.59. The number of hydrogen-bond acceptors (Lipinski definition) is 4. The van der Waals surface area contributed by atoms with Crippen molar-refractivity contribution in [3.05, 3.63) is 102 Å². The minimum atomic E-state index is -0.178. The molecule has 4 aromatic rings. The predicted octanol–water partition coefficient (Wildman–Crippen LogP) is 5.08. The van der Waals surface area contributed by atoms with Crippen molar-refractivity contribution >= 4 is 23.0 Å². The van der Waals surface area contributed by atoms with Crippen LogP contribution in [0.25, 0.3) is 5.69 Å². The Bertz CT molecular complexity index is 1320. The number of anilines is 1. The van der Waals surface area contributed by atoms with Crippen LogP contribution in [0, 0.1) is 13.8 Å². The van der Waals surface area contributed by atoms with E-state index >= 15 is 0 Å². The number of benzene rings is 2. The van der Waals surface area contributed by atoms with Gasteiger partial charge in [-0.3, -0.25) is 4.98 Å². The summed E-state index contributed by atoms with van der Waals surface area (Å²) in [4.78, 5) is 6.68. The van der Waals surface area contributed by atoms with Crippen LogP contribution < -0.4 is 10.2 Å². The zero-order chi connectivity index (χ0) is 23.1. The van der Waals surface area contributed by atoms with Gasteiger partial charge in [-0.1, -0.05) is 18.2 Å². The molecule has 166 valence electrons. The third-order valence-electron chi connectivity index (χ3n) is 6.14. The molecule has 6 nitrogen and oxygen atoms in total. The van der Waals surface area contributed by atoms with E-state index in [1.807, 2.05) is 55.5 Å². The molecular weight excluding hydrogens is 432 g/mol. The number of aromatic nitrogens is 2. The number of thiocarbonyl (C=S) groups is 1. The average molecular weight is 457 g/mol.